The van der Waals surface area contributed by atoms with Crippen LogP contribution in [0, 0.1) is 5.92 Å². The lowest BCUT2D eigenvalue weighted by Crippen LogP contribution is -1.92. The van der Waals surface area contributed by atoms with E-state index in [0.717, 1.165) is 0 Å². The van der Waals surface area contributed by atoms with Crippen LogP contribution in [0.5, 0.6) is 0 Å². The largest absolute Gasteiger partial charge is 0.0871 e. The summed E-state index contributed by atoms with van der Waals surface area (Å²) in [6, 6.07) is 0. The maximum Gasteiger partial charge on any atom is -0.0222 e. The van der Waals surface area contributed by atoms with Crippen molar-refractivity contribution in [3.05, 3.63) is 47.1 Å². The second-order valence-corrected chi connectivity index (χ2v) is 4.01. The number of hydrogen-bond acceptors (Lipinski definition) is 0. The molecule has 0 bridgehead atoms. The van der Waals surface area contributed by atoms with Crippen molar-refractivity contribution in [1.82, 2.24) is 0 Å². The first-order valence-electron chi connectivity index (χ1n) is 5.70. The van der Waals surface area contributed by atoms with Crippen LogP contribution in [0.4, 0.5) is 0 Å². The summed E-state index contributed by atoms with van der Waals surface area (Å²) in [7, 11) is 0. The quantitative estimate of drug-likeness (QED) is 0.562. The lowest BCUT2D eigenvalue weighted by atomic mass is 9.97. The molecular weight excluding hydrogens is 180 g/mol. The van der Waals surface area contributed by atoms with Crippen molar-refractivity contribution in [2.24, 2.45) is 5.92 Å². The second kappa shape index (κ2) is 7.28. The van der Waals surface area contributed by atoms with Gasteiger partial charge in [-0.05, 0) is 50.3 Å². The van der Waals surface area contributed by atoms with Gasteiger partial charge in [-0.15, -0.1) is 0 Å². The monoisotopic (exact) mass is 204 g/mol. The van der Waals surface area contributed by atoms with Crippen LogP contribution in [0.1, 0.15) is 41.5 Å². The van der Waals surface area contributed by atoms with Crippen molar-refractivity contribution in [3.63, 3.8) is 0 Å². The molecule has 0 saturated heterocycles. The Morgan fingerprint density at radius 1 is 1.00 bits per heavy atom. The highest BCUT2D eigenvalue weighted by molar-refractivity contribution is 5.42. The molecule has 0 spiro atoms. The summed E-state index contributed by atoms with van der Waals surface area (Å²) in [4.78, 5) is 0. The van der Waals surface area contributed by atoms with Crippen molar-refractivity contribution in [3.8, 4) is 0 Å². The van der Waals surface area contributed by atoms with Crippen molar-refractivity contribution >= 4 is 0 Å². The highest BCUT2D eigenvalue weighted by Gasteiger charge is 2.00. The molecule has 0 saturated carbocycles. The van der Waals surface area contributed by atoms with Crippen LogP contribution in [-0.2, 0) is 0 Å². The Morgan fingerprint density at radius 2 is 1.60 bits per heavy atom. The molecule has 0 aromatic rings. The van der Waals surface area contributed by atoms with Crippen molar-refractivity contribution < 1.29 is 0 Å². The Kier molecular flexibility index (Phi) is 6.77. The minimum absolute atomic E-state index is 0.591. The Hall–Kier alpha value is -1.04. The molecule has 0 heterocycles. The molecule has 0 radical (unpaired) electrons. The maximum atomic E-state index is 2.28. The van der Waals surface area contributed by atoms with Gasteiger partial charge in [-0.1, -0.05) is 44.2 Å². The molecule has 0 unspecified atom stereocenters. The number of hydrogen-bond donors (Lipinski definition) is 0. The average Bonchev–Trinajstić information content (AvgIpc) is 2.21. The predicted molar refractivity (Wildman–Crippen MR) is 70.9 cm³/mol. The first-order chi connectivity index (χ1) is 7.06. The number of allylic oxidation sites excluding steroid dienone is 8. The van der Waals surface area contributed by atoms with Crippen molar-refractivity contribution in [2.75, 3.05) is 0 Å². The topological polar surface area (TPSA) is 0 Å². The molecule has 15 heavy (non-hydrogen) atoms. The lowest BCUT2D eigenvalue weighted by molar-refractivity contribution is 0.788. The lowest BCUT2D eigenvalue weighted by Gasteiger charge is -2.08. The molecule has 0 N–H and O–H groups in total. The molecule has 0 aliphatic rings. The van der Waals surface area contributed by atoms with E-state index in [1.54, 1.807) is 0 Å². The number of rotatable bonds is 4. The van der Waals surface area contributed by atoms with Crippen LogP contribution in [-0.4, -0.2) is 0 Å². The maximum absolute atomic E-state index is 2.28. The Balaban J connectivity index is 4.97. The Labute approximate surface area is 95.1 Å². The first kappa shape index (κ1) is 14.0. The highest BCUT2D eigenvalue weighted by atomic mass is 14.1. The van der Waals surface area contributed by atoms with Gasteiger partial charge >= 0.3 is 0 Å². The zero-order valence-electron chi connectivity index (χ0n) is 11.0. The van der Waals surface area contributed by atoms with Gasteiger partial charge in [0.2, 0.25) is 0 Å². The van der Waals surface area contributed by atoms with Gasteiger partial charge in [0.15, 0.2) is 0 Å². The zero-order chi connectivity index (χ0) is 11.8. The van der Waals surface area contributed by atoms with Gasteiger partial charge in [0.25, 0.3) is 0 Å². The summed E-state index contributed by atoms with van der Waals surface area (Å²) in [5.41, 5.74) is 4.03. The fourth-order valence-corrected chi connectivity index (χ4v) is 1.55. The molecule has 0 rings (SSSR count). The molecule has 0 fully saturated rings. The van der Waals surface area contributed by atoms with Crippen LogP contribution in [0.25, 0.3) is 0 Å². The third-order valence-corrected chi connectivity index (χ3v) is 2.50. The molecule has 0 atom stereocenters. The van der Waals surface area contributed by atoms with Gasteiger partial charge in [-0.25, -0.2) is 0 Å². The van der Waals surface area contributed by atoms with E-state index in [9.17, 15) is 0 Å². The third-order valence-electron chi connectivity index (χ3n) is 2.50. The molecule has 0 aromatic carbocycles. The van der Waals surface area contributed by atoms with Gasteiger partial charge in [-0.2, -0.15) is 0 Å². The molecule has 84 valence electrons. The fraction of sp³-hybridized carbons (Fsp3) is 0.467. The highest BCUT2D eigenvalue weighted by Crippen LogP contribution is 2.18. The molecule has 0 aliphatic heterocycles. The van der Waals surface area contributed by atoms with Gasteiger partial charge in [-0.3, -0.25) is 0 Å². The Bertz CT molecular complexity index is 296. The van der Waals surface area contributed by atoms with Crippen molar-refractivity contribution in [2.45, 2.75) is 41.5 Å². The third kappa shape index (κ3) is 4.83. The van der Waals surface area contributed by atoms with Crippen LogP contribution >= 0.6 is 0 Å². The molecule has 0 nitrogen and oxygen atoms in total. The Morgan fingerprint density at radius 3 is 1.93 bits per heavy atom. The van der Waals surface area contributed by atoms with E-state index < -0.39 is 0 Å². The summed E-state index contributed by atoms with van der Waals surface area (Å²) >= 11 is 0. The van der Waals surface area contributed by atoms with Gasteiger partial charge in [0.1, 0.15) is 0 Å². The van der Waals surface area contributed by atoms with E-state index in [0.29, 0.717) is 5.92 Å². The minimum atomic E-state index is 0.591. The van der Waals surface area contributed by atoms with Crippen LogP contribution in [0.15, 0.2) is 47.1 Å². The van der Waals surface area contributed by atoms with E-state index in [1.165, 1.54) is 16.7 Å². The smallest absolute Gasteiger partial charge is 0.0222 e. The van der Waals surface area contributed by atoms with E-state index in [1.807, 2.05) is 0 Å². The normalized spacial score (nSPS) is 15.5. The van der Waals surface area contributed by atoms with Crippen molar-refractivity contribution in [1.29, 1.82) is 0 Å². The molecule has 0 aliphatic carbocycles. The van der Waals surface area contributed by atoms with Crippen LogP contribution in [0.3, 0.4) is 0 Å². The average molecular weight is 204 g/mol. The summed E-state index contributed by atoms with van der Waals surface area (Å²) in [6.45, 7) is 12.9. The van der Waals surface area contributed by atoms with Crippen LogP contribution in [0.2, 0.25) is 0 Å². The predicted octanol–water partition coefficient (Wildman–Crippen LogP) is 5.06. The molecule has 0 amide bonds. The second-order valence-electron chi connectivity index (χ2n) is 4.01. The van der Waals surface area contributed by atoms with E-state index in [-0.39, 0.29) is 0 Å². The molecule has 0 aromatic heterocycles. The minimum Gasteiger partial charge on any atom is -0.0871 e. The summed E-state index contributed by atoms with van der Waals surface area (Å²) in [6.07, 6.45) is 10.9. The van der Waals surface area contributed by atoms with Crippen LogP contribution < -0.4 is 0 Å². The SMILES string of the molecule is C\C=C(/C=C(C)/C(/C=C/C)=C/C)C(C)C. The first-order valence-corrected chi connectivity index (χ1v) is 5.70. The fourth-order valence-electron chi connectivity index (χ4n) is 1.55. The van der Waals surface area contributed by atoms with Gasteiger partial charge in [0, 0.05) is 0 Å². The van der Waals surface area contributed by atoms with E-state index >= 15 is 0 Å². The summed E-state index contributed by atoms with van der Waals surface area (Å²) in [5, 5.41) is 0. The summed E-state index contributed by atoms with van der Waals surface area (Å²) in [5.74, 6) is 0.591. The van der Waals surface area contributed by atoms with Gasteiger partial charge < -0.3 is 0 Å². The zero-order valence-corrected chi connectivity index (χ0v) is 11.0. The van der Waals surface area contributed by atoms with Gasteiger partial charge in [0.05, 0.1) is 0 Å². The van der Waals surface area contributed by atoms with E-state index in [2.05, 4.69) is 71.9 Å². The molecular formula is C15H24. The standard InChI is InChI=1S/C15H24/c1-7-10-14(8-2)13(6)11-15(9-3)12(4)5/h7-12H,1-6H3/b10-7+,13-11+,14-8+,15-9+. The molecule has 0 heteroatoms. The van der Waals surface area contributed by atoms with E-state index in [4.69, 9.17) is 0 Å². The summed E-state index contributed by atoms with van der Waals surface area (Å²) < 4.78 is 0.